The smallest absolute Gasteiger partial charge is 0.249 e. The normalized spacial score (nSPS) is 19.0. The molecule has 0 N–H and O–H groups in total. The van der Waals surface area contributed by atoms with Crippen molar-refractivity contribution >= 4 is 17.5 Å². The summed E-state index contributed by atoms with van der Waals surface area (Å²) in [6.07, 6.45) is 0.427. The van der Waals surface area contributed by atoms with E-state index in [-0.39, 0.29) is 17.7 Å². The Kier molecular flexibility index (Phi) is 4.84. The summed E-state index contributed by atoms with van der Waals surface area (Å²) in [5, 5.41) is 0. The first kappa shape index (κ1) is 16.5. The van der Waals surface area contributed by atoms with Gasteiger partial charge in [-0.25, -0.2) is 4.39 Å². The molecular formula is C17H23FN2O2. The van der Waals surface area contributed by atoms with Crippen LogP contribution in [0.3, 0.4) is 0 Å². The Bertz CT molecular complexity index is 586. The zero-order chi connectivity index (χ0) is 16.4. The Labute approximate surface area is 130 Å². The van der Waals surface area contributed by atoms with Crippen LogP contribution in [0.15, 0.2) is 18.2 Å². The molecule has 0 spiro atoms. The summed E-state index contributed by atoms with van der Waals surface area (Å²) in [5.74, 6) is -0.400. The molecular weight excluding hydrogens is 283 g/mol. The lowest BCUT2D eigenvalue weighted by atomic mass is 10.1. The van der Waals surface area contributed by atoms with Crippen LogP contribution in [0.25, 0.3) is 0 Å². The number of amides is 2. The van der Waals surface area contributed by atoms with Crippen molar-refractivity contribution in [2.24, 2.45) is 5.92 Å². The van der Waals surface area contributed by atoms with Gasteiger partial charge in [0.2, 0.25) is 11.8 Å². The van der Waals surface area contributed by atoms with Gasteiger partial charge in [0.1, 0.15) is 11.9 Å². The predicted octanol–water partition coefficient (Wildman–Crippen LogP) is 2.74. The molecule has 1 atom stereocenters. The zero-order valence-electron chi connectivity index (χ0n) is 13.6. The fraction of sp³-hybridized carbons (Fsp3) is 0.529. The van der Waals surface area contributed by atoms with Crippen molar-refractivity contribution in [1.82, 2.24) is 4.90 Å². The zero-order valence-corrected chi connectivity index (χ0v) is 13.6. The van der Waals surface area contributed by atoms with Crippen molar-refractivity contribution < 1.29 is 14.0 Å². The van der Waals surface area contributed by atoms with E-state index in [0.717, 1.165) is 5.56 Å². The Morgan fingerprint density at radius 3 is 2.68 bits per heavy atom. The highest BCUT2D eigenvalue weighted by atomic mass is 19.1. The van der Waals surface area contributed by atoms with E-state index in [1.807, 2.05) is 20.8 Å². The maximum atomic E-state index is 14.0. The fourth-order valence-corrected chi connectivity index (χ4v) is 2.75. The van der Waals surface area contributed by atoms with Gasteiger partial charge in [0.05, 0.1) is 5.69 Å². The summed E-state index contributed by atoms with van der Waals surface area (Å²) in [7, 11) is 0. The fourth-order valence-electron chi connectivity index (χ4n) is 2.75. The molecule has 0 saturated carbocycles. The number of hydrogen-bond acceptors (Lipinski definition) is 2. The van der Waals surface area contributed by atoms with Gasteiger partial charge in [-0.2, -0.15) is 0 Å². The number of carbonyl (C=O) groups excluding carboxylic acids is 2. The highest BCUT2D eigenvalue weighted by Gasteiger charge is 2.35. The lowest BCUT2D eigenvalue weighted by molar-refractivity contribution is -0.141. The third-order valence-corrected chi connectivity index (χ3v) is 3.95. The minimum atomic E-state index is -0.556. The van der Waals surface area contributed by atoms with Crippen molar-refractivity contribution in [2.45, 2.75) is 40.2 Å². The van der Waals surface area contributed by atoms with Gasteiger partial charge < -0.3 is 9.80 Å². The van der Waals surface area contributed by atoms with Crippen molar-refractivity contribution in [2.75, 3.05) is 18.0 Å². The largest absolute Gasteiger partial charge is 0.329 e. The van der Waals surface area contributed by atoms with Crippen LogP contribution >= 0.6 is 0 Å². The number of halogens is 1. The number of benzene rings is 1. The molecule has 1 heterocycles. The maximum absolute atomic E-state index is 14.0. The van der Waals surface area contributed by atoms with Gasteiger partial charge in [0, 0.05) is 19.5 Å². The number of anilines is 1. The highest BCUT2D eigenvalue weighted by Crippen LogP contribution is 2.25. The molecule has 1 aromatic rings. The summed E-state index contributed by atoms with van der Waals surface area (Å²) in [5.41, 5.74) is 1.20. The molecule has 5 heteroatoms. The lowest BCUT2D eigenvalue weighted by Crippen LogP contribution is -2.58. The first-order valence-corrected chi connectivity index (χ1v) is 7.68. The van der Waals surface area contributed by atoms with Gasteiger partial charge in [0.15, 0.2) is 0 Å². The summed E-state index contributed by atoms with van der Waals surface area (Å²) >= 11 is 0. The third kappa shape index (κ3) is 3.29. The second-order valence-electron chi connectivity index (χ2n) is 6.31. The third-order valence-electron chi connectivity index (χ3n) is 3.95. The lowest BCUT2D eigenvalue weighted by Gasteiger charge is -2.39. The molecule has 22 heavy (non-hydrogen) atoms. The summed E-state index contributed by atoms with van der Waals surface area (Å²) in [6.45, 7) is 8.28. The summed E-state index contributed by atoms with van der Waals surface area (Å²) in [6, 6.07) is 4.17. The van der Waals surface area contributed by atoms with Crippen LogP contribution in [0.4, 0.5) is 10.1 Å². The molecule has 1 aromatic carbocycles. The number of nitrogens with zero attached hydrogens (tertiary/aromatic N) is 2. The van der Waals surface area contributed by atoms with Crippen molar-refractivity contribution in [1.29, 1.82) is 0 Å². The first-order chi connectivity index (χ1) is 10.3. The molecule has 0 bridgehead atoms. The molecule has 1 saturated heterocycles. The van der Waals surface area contributed by atoms with Gasteiger partial charge in [-0.05, 0) is 37.5 Å². The van der Waals surface area contributed by atoms with Crippen molar-refractivity contribution in [3.63, 3.8) is 0 Å². The summed E-state index contributed by atoms with van der Waals surface area (Å²) in [4.78, 5) is 27.8. The molecule has 2 amide bonds. The molecule has 1 unspecified atom stereocenters. The Morgan fingerprint density at radius 1 is 1.36 bits per heavy atom. The van der Waals surface area contributed by atoms with Crippen LogP contribution in [-0.4, -0.2) is 35.8 Å². The summed E-state index contributed by atoms with van der Waals surface area (Å²) < 4.78 is 14.0. The Hall–Kier alpha value is -1.91. The standard InChI is InChI=1S/C17H23FN2O2/c1-11(2)9-16(21)19-7-8-20(17(22)13(19)4)15-10-12(3)5-6-14(15)18/h5-6,10-11,13H,7-9H2,1-4H3. The number of aryl methyl sites for hydroxylation is 1. The molecule has 1 fully saturated rings. The Balaban J connectivity index is 2.19. The van der Waals surface area contributed by atoms with E-state index in [9.17, 15) is 14.0 Å². The highest BCUT2D eigenvalue weighted by molar-refractivity contribution is 6.00. The molecule has 1 aliphatic rings. The predicted molar refractivity (Wildman–Crippen MR) is 84.1 cm³/mol. The van der Waals surface area contributed by atoms with Gasteiger partial charge in [0.25, 0.3) is 0 Å². The monoisotopic (exact) mass is 306 g/mol. The van der Waals surface area contributed by atoms with Crippen LogP contribution in [0, 0.1) is 18.7 Å². The quantitative estimate of drug-likeness (QED) is 0.861. The Morgan fingerprint density at radius 2 is 2.05 bits per heavy atom. The SMILES string of the molecule is Cc1ccc(F)c(N2CCN(C(=O)CC(C)C)C(C)C2=O)c1. The number of carbonyl (C=O) groups is 2. The minimum absolute atomic E-state index is 0.0137. The topological polar surface area (TPSA) is 40.6 Å². The molecule has 1 aliphatic heterocycles. The van der Waals surface area contributed by atoms with Gasteiger partial charge >= 0.3 is 0 Å². The number of hydrogen-bond donors (Lipinski definition) is 0. The molecule has 0 aliphatic carbocycles. The van der Waals surface area contributed by atoms with E-state index in [1.165, 1.54) is 11.0 Å². The van der Waals surface area contributed by atoms with Crippen LogP contribution in [-0.2, 0) is 9.59 Å². The van der Waals surface area contributed by atoms with Crippen LogP contribution in [0.5, 0.6) is 0 Å². The number of piperazine rings is 1. The molecule has 0 aromatic heterocycles. The minimum Gasteiger partial charge on any atom is -0.329 e. The van der Waals surface area contributed by atoms with Gasteiger partial charge in [-0.15, -0.1) is 0 Å². The molecule has 120 valence electrons. The second-order valence-corrected chi connectivity index (χ2v) is 6.31. The molecule has 2 rings (SSSR count). The average Bonchev–Trinajstić information content (AvgIpc) is 2.44. The van der Waals surface area contributed by atoms with Gasteiger partial charge in [-0.3, -0.25) is 9.59 Å². The maximum Gasteiger partial charge on any atom is 0.249 e. The van der Waals surface area contributed by atoms with Crippen molar-refractivity contribution in [3.8, 4) is 0 Å². The van der Waals surface area contributed by atoms with Gasteiger partial charge in [-0.1, -0.05) is 19.9 Å². The van der Waals surface area contributed by atoms with Crippen LogP contribution in [0.2, 0.25) is 0 Å². The average molecular weight is 306 g/mol. The van der Waals surface area contributed by atoms with E-state index >= 15 is 0 Å². The molecule has 4 nitrogen and oxygen atoms in total. The number of rotatable bonds is 3. The molecule has 0 radical (unpaired) electrons. The van der Waals surface area contributed by atoms with E-state index < -0.39 is 11.9 Å². The van der Waals surface area contributed by atoms with E-state index in [1.54, 1.807) is 24.0 Å². The van der Waals surface area contributed by atoms with E-state index in [2.05, 4.69) is 0 Å². The van der Waals surface area contributed by atoms with Crippen molar-refractivity contribution in [3.05, 3.63) is 29.6 Å². The second kappa shape index (κ2) is 6.46. The van der Waals surface area contributed by atoms with E-state index in [0.29, 0.717) is 25.2 Å². The van der Waals surface area contributed by atoms with Crippen LogP contribution in [0.1, 0.15) is 32.8 Å². The first-order valence-electron chi connectivity index (χ1n) is 7.68. The van der Waals surface area contributed by atoms with E-state index in [4.69, 9.17) is 0 Å². The van der Waals surface area contributed by atoms with Crippen LogP contribution < -0.4 is 4.90 Å².